The Kier molecular flexibility index (Phi) is 6.43. The minimum absolute atomic E-state index is 0.0508. The highest BCUT2D eigenvalue weighted by molar-refractivity contribution is 5.89. The van der Waals surface area contributed by atoms with E-state index in [1.807, 2.05) is 37.3 Å². The van der Waals surface area contributed by atoms with Crippen LogP contribution in [0.5, 0.6) is 0 Å². The van der Waals surface area contributed by atoms with Gasteiger partial charge in [0.05, 0.1) is 6.04 Å². The zero-order chi connectivity index (χ0) is 14.1. The van der Waals surface area contributed by atoms with E-state index in [0.29, 0.717) is 19.3 Å². The molecule has 1 amide bonds. The summed E-state index contributed by atoms with van der Waals surface area (Å²) < 4.78 is 0. The SMILES string of the molecule is CCCC(NC(=O)CCc1ccccc1)/C(N)=N/O. The van der Waals surface area contributed by atoms with Crippen molar-refractivity contribution in [3.8, 4) is 0 Å². The second kappa shape index (κ2) is 8.13. The maximum absolute atomic E-state index is 11.8. The van der Waals surface area contributed by atoms with Gasteiger partial charge in [-0.3, -0.25) is 4.79 Å². The number of carbonyl (C=O) groups excluding carboxylic acids is 1. The minimum atomic E-state index is -0.390. The Morgan fingerprint density at radius 3 is 2.68 bits per heavy atom. The number of carbonyl (C=O) groups is 1. The number of hydrogen-bond acceptors (Lipinski definition) is 3. The largest absolute Gasteiger partial charge is 0.409 e. The first kappa shape index (κ1) is 15.0. The number of hydrogen-bond donors (Lipinski definition) is 3. The monoisotopic (exact) mass is 263 g/mol. The molecule has 0 spiro atoms. The number of amides is 1. The van der Waals surface area contributed by atoms with E-state index in [1.165, 1.54) is 0 Å². The molecule has 0 saturated heterocycles. The highest BCUT2D eigenvalue weighted by Gasteiger charge is 2.15. The quantitative estimate of drug-likeness (QED) is 0.302. The summed E-state index contributed by atoms with van der Waals surface area (Å²) in [6, 6.07) is 9.42. The Morgan fingerprint density at radius 2 is 2.11 bits per heavy atom. The van der Waals surface area contributed by atoms with Crippen LogP contribution in [0.3, 0.4) is 0 Å². The maximum atomic E-state index is 11.8. The number of aryl methyl sites for hydroxylation is 1. The molecule has 0 aliphatic rings. The van der Waals surface area contributed by atoms with Gasteiger partial charge in [-0.1, -0.05) is 48.8 Å². The lowest BCUT2D eigenvalue weighted by molar-refractivity contribution is -0.121. The first-order valence-corrected chi connectivity index (χ1v) is 6.48. The number of oxime groups is 1. The maximum Gasteiger partial charge on any atom is 0.220 e. The van der Waals surface area contributed by atoms with Gasteiger partial charge in [0, 0.05) is 6.42 Å². The van der Waals surface area contributed by atoms with Crippen molar-refractivity contribution in [3.05, 3.63) is 35.9 Å². The van der Waals surface area contributed by atoms with E-state index < -0.39 is 6.04 Å². The molecule has 5 nitrogen and oxygen atoms in total. The summed E-state index contributed by atoms with van der Waals surface area (Å²) in [5.41, 5.74) is 6.66. The molecular formula is C14H21N3O2. The van der Waals surface area contributed by atoms with Gasteiger partial charge in [0.2, 0.25) is 5.91 Å². The fourth-order valence-corrected chi connectivity index (χ4v) is 1.82. The van der Waals surface area contributed by atoms with E-state index in [4.69, 9.17) is 10.9 Å². The third-order valence-electron chi connectivity index (χ3n) is 2.87. The zero-order valence-corrected chi connectivity index (χ0v) is 11.2. The van der Waals surface area contributed by atoms with Gasteiger partial charge in [0.15, 0.2) is 5.84 Å². The number of nitrogens with zero attached hydrogens (tertiary/aromatic N) is 1. The molecule has 1 rings (SSSR count). The van der Waals surface area contributed by atoms with Crippen molar-refractivity contribution >= 4 is 11.7 Å². The van der Waals surface area contributed by atoms with Gasteiger partial charge in [-0.15, -0.1) is 0 Å². The molecule has 0 aromatic heterocycles. The second-order valence-electron chi connectivity index (χ2n) is 4.42. The standard InChI is InChI=1S/C14H21N3O2/c1-2-6-12(14(15)17-19)16-13(18)10-9-11-7-4-3-5-8-11/h3-5,7-8,12,19H,2,6,9-10H2,1H3,(H2,15,17)(H,16,18). The van der Waals surface area contributed by atoms with Crippen molar-refractivity contribution in [1.82, 2.24) is 5.32 Å². The topological polar surface area (TPSA) is 87.7 Å². The molecule has 1 aromatic rings. The predicted octanol–water partition coefficient (Wildman–Crippen LogP) is 1.65. The van der Waals surface area contributed by atoms with Crippen LogP contribution in [0.4, 0.5) is 0 Å². The zero-order valence-electron chi connectivity index (χ0n) is 11.2. The van der Waals surface area contributed by atoms with Crippen molar-refractivity contribution in [2.75, 3.05) is 0 Å². The number of nitrogens with two attached hydrogens (primary N) is 1. The van der Waals surface area contributed by atoms with Crippen molar-refractivity contribution < 1.29 is 10.0 Å². The lowest BCUT2D eigenvalue weighted by atomic mass is 10.1. The van der Waals surface area contributed by atoms with Crippen molar-refractivity contribution in [3.63, 3.8) is 0 Å². The van der Waals surface area contributed by atoms with E-state index in [-0.39, 0.29) is 11.7 Å². The Morgan fingerprint density at radius 1 is 1.42 bits per heavy atom. The van der Waals surface area contributed by atoms with E-state index in [2.05, 4.69) is 10.5 Å². The van der Waals surface area contributed by atoms with Crippen LogP contribution < -0.4 is 11.1 Å². The predicted molar refractivity (Wildman–Crippen MR) is 75.0 cm³/mol. The van der Waals surface area contributed by atoms with Crippen LogP contribution >= 0.6 is 0 Å². The van der Waals surface area contributed by atoms with Crippen LogP contribution in [0, 0.1) is 0 Å². The Labute approximate surface area is 113 Å². The summed E-state index contributed by atoms with van der Waals surface area (Å²) in [4.78, 5) is 11.8. The van der Waals surface area contributed by atoms with E-state index in [1.54, 1.807) is 0 Å². The van der Waals surface area contributed by atoms with Crippen LogP contribution in [0.25, 0.3) is 0 Å². The molecule has 0 saturated carbocycles. The summed E-state index contributed by atoms with van der Waals surface area (Å²) in [5, 5.41) is 14.4. The summed E-state index contributed by atoms with van der Waals surface area (Å²) in [6.45, 7) is 1.98. The fourth-order valence-electron chi connectivity index (χ4n) is 1.82. The molecule has 0 aliphatic carbocycles. The average molecular weight is 263 g/mol. The van der Waals surface area contributed by atoms with Gasteiger partial charge in [0.1, 0.15) is 0 Å². The molecule has 0 bridgehead atoms. The van der Waals surface area contributed by atoms with Gasteiger partial charge in [-0.25, -0.2) is 0 Å². The van der Waals surface area contributed by atoms with Gasteiger partial charge in [-0.2, -0.15) is 0 Å². The molecule has 1 unspecified atom stereocenters. The Hall–Kier alpha value is -2.04. The number of benzene rings is 1. The van der Waals surface area contributed by atoms with Gasteiger partial charge in [0.25, 0.3) is 0 Å². The Bertz CT molecular complexity index is 418. The van der Waals surface area contributed by atoms with Crippen LogP contribution in [0.1, 0.15) is 31.7 Å². The van der Waals surface area contributed by atoms with Crippen molar-refractivity contribution in [2.24, 2.45) is 10.9 Å². The fraction of sp³-hybridized carbons (Fsp3) is 0.429. The molecular weight excluding hydrogens is 242 g/mol. The van der Waals surface area contributed by atoms with E-state index in [9.17, 15) is 4.79 Å². The summed E-state index contributed by atoms with van der Waals surface area (Å²) in [7, 11) is 0. The average Bonchev–Trinajstić information content (AvgIpc) is 2.45. The van der Waals surface area contributed by atoms with Gasteiger partial charge >= 0.3 is 0 Å². The van der Waals surface area contributed by atoms with Gasteiger partial charge in [-0.05, 0) is 18.4 Å². The lowest BCUT2D eigenvalue weighted by Gasteiger charge is -2.16. The smallest absolute Gasteiger partial charge is 0.220 e. The highest BCUT2D eigenvalue weighted by Crippen LogP contribution is 2.03. The first-order valence-electron chi connectivity index (χ1n) is 6.48. The molecule has 0 heterocycles. The molecule has 1 aromatic carbocycles. The van der Waals surface area contributed by atoms with Gasteiger partial charge < -0.3 is 16.3 Å². The number of rotatable bonds is 7. The third kappa shape index (κ3) is 5.42. The van der Waals surface area contributed by atoms with Crippen LogP contribution in [0.15, 0.2) is 35.5 Å². The van der Waals surface area contributed by atoms with E-state index >= 15 is 0 Å². The third-order valence-corrected chi connectivity index (χ3v) is 2.87. The highest BCUT2D eigenvalue weighted by atomic mass is 16.4. The normalized spacial score (nSPS) is 13.0. The molecule has 0 fully saturated rings. The second-order valence-corrected chi connectivity index (χ2v) is 4.42. The molecule has 0 aliphatic heterocycles. The lowest BCUT2D eigenvalue weighted by Crippen LogP contribution is -2.44. The number of nitrogens with one attached hydrogen (secondary N) is 1. The molecule has 1 atom stereocenters. The summed E-state index contributed by atoms with van der Waals surface area (Å²) in [6.07, 6.45) is 2.58. The molecule has 19 heavy (non-hydrogen) atoms. The Balaban J connectivity index is 2.45. The van der Waals surface area contributed by atoms with Crippen LogP contribution in [0.2, 0.25) is 0 Å². The first-order chi connectivity index (χ1) is 9.17. The van der Waals surface area contributed by atoms with E-state index in [0.717, 1.165) is 12.0 Å². The summed E-state index contributed by atoms with van der Waals surface area (Å²) >= 11 is 0. The van der Waals surface area contributed by atoms with Crippen molar-refractivity contribution in [2.45, 2.75) is 38.6 Å². The van der Waals surface area contributed by atoms with Crippen molar-refractivity contribution in [1.29, 1.82) is 0 Å². The number of amidine groups is 1. The van der Waals surface area contributed by atoms with Crippen LogP contribution in [-0.4, -0.2) is 23.0 Å². The minimum Gasteiger partial charge on any atom is -0.409 e. The van der Waals surface area contributed by atoms with Crippen LogP contribution in [-0.2, 0) is 11.2 Å². The molecule has 0 radical (unpaired) electrons. The summed E-state index contributed by atoms with van der Waals surface area (Å²) in [5.74, 6) is -0.0381. The molecule has 5 heteroatoms. The molecule has 4 N–H and O–H groups in total. The molecule has 104 valence electrons.